The fourth-order valence-corrected chi connectivity index (χ4v) is 3.80. The van der Waals surface area contributed by atoms with Gasteiger partial charge in [0.2, 0.25) is 5.91 Å². The lowest BCUT2D eigenvalue weighted by molar-refractivity contribution is -0.120. The maximum absolute atomic E-state index is 12.7. The van der Waals surface area contributed by atoms with Crippen LogP contribution in [0.1, 0.15) is 12.8 Å². The van der Waals surface area contributed by atoms with Gasteiger partial charge in [0.25, 0.3) is 0 Å². The van der Waals surface area contributed by atoms with Gasteiger partial charge < -0.3 is 10.2 Å². The van der Waals surface area contributed by atoms with Gasteiger partial charge in [-0.1, -0.05) is 27.5 Å². The van der Waals surface area contributed by atoms with Crippen LogP contribution >= 0.6 is 27.5 Å². The summed E-state index contributed by atoms with van der Waals surface area (Å²) in [6.45, 7) is 1.47. The molecule has 1 N–H and O–H groups in total. The van der Waals surface area contributed by atoms with E-state index < -0.39 is 0 Å². The van der Waals surface area contributed by atoms with Gasteiger partial charge in [0, 0.05) is 29.1 Å². The van der Waals surface area contributed by atoms with Crippen molar-refractivity contribution in [1.82, 2.24) is 15.0 Å². The molecule has 1 amide bonds. The number of benzene rings is 1. The fourth-order valence-electron chi connectivity index (χ4n) is 3.33. The largest absolute Gasteiger partial charge is 0.355 e. The minimum absolute atomic E-state index is 0.0333. The molecular formula is C19H17BrClN5O. The Hall–Kier alpha value is -2.25. The Kier molecular flexibility index (Phi) is 5.22. The number of amides is 1. The molecule has 1 atom stereocenters. The highest BCUT2D eigenvalue weighted by Gasteiger charge is 2.27. The molecule has 0 aliphatic carbocycles. The van der Waals surface area contributed by atoms with Gasteiger partial charge in [-0.05, 0) is 43.2 Å². The molecule has 4 rings (SSSR count). The van der Waals surface area contributed by atoms with Crippen molar-refractivity contribution in [1.29, 1.82) is 0 Å². The van der Waals surface area contributed by atoms with Gasteiger partial charge >= 0.3 is 0 Å². The van der Waals surface area contributed by atoms with Crippen molar-refractivity contribution in [3.63, 3.8) is 0 Å². The second-order valence-electron chi connectivity index (χ2n) is 6.49. The second-order valence-corrected chi connectivity index (χ2v) is 7.85. The molecule has 1 fully saturated rings. The summed E-state index contributed by atoms with van der Waals surface area (Å²) in [6.07, 6.45) is 4.86. The average Bonchev–Trinajstić information content (AvgIpc) is 2.69. The highest BCUT2D eigenvalue weighted by Crippen LogP contribution is 2.29. The number of carbonyl (C=O) groups excluding carboxylic acids is 1. The van der Waals surface area contributed by atoms with Crippen molar-refractivity contribution in [3.05, 3.63) is 52.4 Å². The predicted molar refractivity (Wildman–Crippen MR) is 110 cm³/mol. The van der Waals surface area contributed by atoms with Crippen LogP contribution in [0.5, 0.6) is 0 Å². The number of hydrogen-bond donors (Lipinski definition) is 1. The normalized spacial score (nSPS) is 17.1. The number of rotatable bonds is 3. The highest BCUT2D eigenvalue weighted by molar-refractivity contribution is 9.10. The first-order valence-corrected chi connectivity index (χ1v) is 9.85. The quantitative estimate of drug-likeness (QED) is 0.650. The molecule has 6 nitrogen and oxygen atoms in total. The molecule has 0 bridgehead atoms. The van der Waals surface area contributed by atoms with Gasteiger partial charge in [0.15, 0.2) is 0 Å². The van der Waals surface area contributed by atoms with Gasteiger partial charge in [0.1, 0.15) is 18.0 Å². The van der Waals surface area contributed by atoms with E-state index in [4.69, 9.17) is 11.6 Å². The molecule has 8 heteroatoms. The first kappa shape index (κ1) is 18.1. The molecule has 1 saturated heterocycles. The van der Waals surface area contributed by atoms with E-state index in [2.05, 4.69) is 41.1 Å². The first-order chi connectivity index (χ1) is 13.1. The zero-order chi connectivity index (χ0) is 18.8. The molecule has 0 spiro atoms. The monoisotopic (exact) mass is 445 g/mol. The molecular weight excluding hydrogens is 430 g/mol. The number of fused-ring (bicyclic) bond motifs is 1. The summed E-state index contributed by atoms with van der Waals surface area (Å²) in [5, 5.41) is 4.40. The SMILES string of the molecule is O=C(Nc1ccc(Cl)cn1)C1CCCN(c2ncnc3ccc(Br)cc23)C1. The average molecular weight is 447 g/mol. The van der Waals surface area contributed by atoms with Crippen LogP contribution in [0.2, 0.25) is 5.02 Å². The van der Waals surface area contributed by atoms with Gasteiger partial charge in [-0.3, -0.25) is 4.79 Å². The van der Waals surface area contributed by atoms with E-state index >= 15 is 0 Å². The molecule has 1 aliphatic rings. The zero-order valence-corrected chi connectivity index (χ0v) is 16.7. The van der Waals surface area contributed by atoms with Crippen LogP contribution in [0.15, 0.2) is 47.3 Å². The lowest BCUT2D eigenvalue weighted by atomic mass is 9.97. The third-order valence-electron chi connectivity index (χ3n) is 4.65. The predicted octanol–water partition coefficient (Wildman–Crippen LogP) is 4.30. The van der Waals surface area contributed by atoms with E-state index in [-0.39, 0.29) is 11.8 Å². The summed E-state index contributed by atoms with van der Waals surface area (Å²) in [5.74, 6) is 1.21. The van der Waals surface area contributed by atoms with E-state index in [1.807, 2.05) is 18.2 Å². The van der Waals surface area contributed by atoms with Gasteiger partial charge in [-0.25, -0.2) is 15.0 Å². The number of pyridine rings is 1. The first-order valence-electron chi connectivity index (χ1n) is 8.68. The van der Waals surface area contributed by atoms with E-state index in [0.717, 1.165) is 40.6 Å². The van der Waals surface area contributed by atoms with E-state index in [1.54, 1.807) is 18.5 Å². The Morgan fingerprint density at radius 1 is 1.22 bits per heavy atom. The number of anilines is 2. The Morgan fingerprint density at radius 3 is 2.93 bits per heavy atom. The topological polar surface area (TPSA) is 71.0 Å². The molecule has 0 saturated carbocycles. The molecule has 1 unspecified atom stereocenters. The van der Waals surface area contributed by atoms with Crippen molar-refractivity contribution in [2.75, 3.05) is 23.3 Å². The fraction of sp³-hybridized carbons (Fsp3) is 0.263. The van der Waals surface area contributed by atoms with Crippen molar-refractivity contribution in [2.24, 2.45) is 5.92 Å². The van der Waals surface area contributed by atoms with Crippen LogP contribution < -0.4 is 10.2 Å². The van der Waals surface area contributed by atoms with Crippen LogP contribution in [0, 0.1) is 5.92 Å². The third kappa shape index (κ3) is 4.04. The molecule has 3 heterocycles. The van der Waals surface area contributed by atoms with Crippen LogP contribution in [-0.2, 0) is 4.79 Å². The molecule has 2 aromatic heterocycles. The molecule has 1 aliphatic heterocycles. The van der Waals surface area contributed by atoms with Crippen molar-refractivity contribution < 1.29 is 4.79 Å². The molecule has 3 aromatic rings. The summed E-state index contributed by atoms with van der Waals surface area (Å²) < 4.78 is 0.978. The van der Waals surface area contributed by atoms with E-state index in [9.17, 15) is 4.79 Å². The van der Waals surface area contributed by atoms with Gasteiger partial charge in [0.05, 0.1) is 16.5 Å². The van der Waals surface area contributed by atoms with Crippen LogP contribution in [0.4, 0.5) is 11.6 Å². The minimum Gasteiger partial charge on any atom is -0.355 e. The van der Waals surface area contributed by atoms with Gasteiger partial charge in [-0.2, -0.15) is 0 Å². The molecule has 1 aromatic carbocycles. The number of nitrogens with one attached hydrogen (secondary N) is 1. The number of aromatic nitrogens is 3. The smallest absolute Gasteiger partial charge is 0.230 e. The third-order valence-corrected chi connectivity index (χ3v) is 5.36. The maximum atomic E-state index is 12.7. The summed E-state index contributed by atoms with van der Waals surface area (Å²) in [6, 6.07) is 9.36. The number of carbonyl (C=O) groups is 1. The van der Waals surface area contributed by atoms with Crippen molar-refractivity contribution in [3.8, 4) is 0 Å². The number of nitrogens with zero attached hydrogens (tertiary/aromatic N) is 4. The number of piperidine rings is 1. The maximum Gasteiger partial charge on any atom is 0.230 e. The van der Waals surface area contributed by atoms with Gasteiger partial charge in [-0.15, -0.1) is 0 Å². The Bertz CT molecular complexity index is 982. The van der Waals surface area contributed by atoms with Crippen LogP contribution in [0.25, 0.3) is 10.9 Å². The Morgan fingerprint density at radius 2 is 2.11 bits per heavy atom. The standard InChI is InChI=1S/C19H17BrClN5O/c20-13-3-5-16-15(8-13)18(24-11-23-16)26-7-1-2-12(10-26)19(27)25-17-6-4-14(21)9-22-17/h3-6,8-9,11-12H,1-2,7,10H2,(H,22,25,27). The molecule has 27 heavy (non-hydrogen) atoms. The summed E-state index contributed by atoms with van der Waals surface area (Å²) in [5.41, 5.74) is 0.889. The van der Waals surface area contributed by atoms with Crippen molar-refractivity contribution in [2.45, 2.75) is 12.8 Å². The summed E-state index contributed by atoms with van der Waals surface area (Å²) in [7, 11) is 0. The van der Waals surface area contributed by atoms with Crippen LogP contribution in [0.3, 0.4) is 0 Å². The highest BCUT2D eigenvalue weighted by atomic mass is 79.9. The summed E-state index contributed by atoms with van der Waals surface area (Å²) in [4.78, 5) is 27.8. The minimum atomic E-state index is -0.131. The summed E-state index contributed by atoms with van der Waals surface area (Å²) >= 11 is 9.36. The Labute approximate surface area is 170 Å². The second kappa shape index (κ2) is 7.78. The number of hydrogen-bond acceptors (Lipinski definition) is 5. The number of halogens is 2. The zero-order valence-electron chi connectivity index (χ0n) is 14.4. The Balaban J connectivity index is 1.54. The molecule has 138 valence electrons. The lowest BCUT2D eigenvalue weighted by Crippen LogP contribution is -2.41. The van der Waals surface area contributed by atoms with Crippen LogP contribution in [-0.4, -0.2) is 33.9 Å². The lowest BCUT2D eigenvalue weighted by Gasteiger charge is -2.33. The van der Waals surface area contributed by atoms with Crippen molar-refractivity contribution >= 4 is 56.0 Å². The molecule has 0 radical (unpaired) electrons. The van der Waals surface area contributed by atoms with E-state index in [1.165, 1.54) is 6.20 Å². The van der Waals surface area contributed by atoms with E-state index in [0.29, 0.717) is 17.4 Å².